The molecule has 0 aliphatic heterocycles. The van der Waals surface area contributed by atoms with Gasteiger partial charge in [-0.1, -0.05) is 12.1 Å². The average Bonchev–Trinajstić information content (AvgIpc) is 3.07. The van der Waals surface area contributed by atoms with E-state index in [1.54, 1.807) is 30.5 Å². The molecule has 6 heteroatoms. The van der Waals surface area contributed by atoms with Crippen molar-refractivity contribution in [3.8, 4) is 5.75 Å². The van der Waals surface area contributed by atoms with Crippen molar-refractivity contribution in [2.45, 2.75) is 24.8 Å². The molecule has 0 radical (unpaired) electrons. The van der Waals surface area contributed by atoms with Gasteiger partial charge >= 0.3 is 0 Å². The summed E-state index contributed by atoms with van der Waals surface area (Å²) >= 11 is 0. The van der Waals surface area contributed by atoms with Gasteiger partial charge in [-0.25, -0.2) is 0 Å². The minimum atomic E-state index is -1.06. The Balaban J connectivity index is 1.77. The molecule has 0 aliphatic carbocycles. The number of carbonyl (C=O) groups excluding carboxylic acids is 1. The Morgan fingerprint density at radius 2 is 1.96 bits per heavy atom. The van der Waals surface area contributed by atoms with Crippen LogP contribution in [0.5, 0.6) is 5.75 Å². The maximum atomic E-state index is 12.4. The van der Waals surface area contributed by atoms with Crippen LogP contribution in [-0.2, 0) is 10.8 Å². The number of ether oxygens (including phenoxy) is 1. The van der Waals surface area contributed by atoms with Gasteiger partial charge in [0.15, 0.2) is 11.3 Å². The lowest BCUT2D eigenvalue weighted by Crippen LogP contribution is -2.26. The van der Waals surface area contributed by atoms with Crippen molar-refractivity contribution in [2.75, 3.05) is 12.9 Å². The van der Waals surface area contributed by atoms with Gasteiger partial charge in [0.05, 0.1) is 12.6 Å². The van der Waals surface area contributed by atoms with E-state index in [1.165, 1.54) is 0 Å². The Bertz CT molecular complexity index is 946. The quantitative estimate of drug-likeness (QED) is 0.709. The maximum Gasteiger partial charge on any atom is 0.251 e. The van der Waals surface area contributed by atoms with E-state index in [2.05, 4.69) is 5.32 Å². The number of hydrogen-bond donors (Lipinski definition) is 1. The minimum Gasteiger partial charge on any atom is -0.490 e. The van der Waals surface area contributed by atoms with Gasteiger partial charge < -0.3 is 14.5 Å². The minimum absolute atomic E-state index is 0.212. The largest absolute Gasteiger partial charge is 0.490 e. The van der Waals surface area contributed by atoms with Crippen LogP contribution in [0, 0.1) is 0 Å². The lowest BCUT2D eigenvalue weighted by molar-refractivity contribution is 0.0935. The first-order valence-electron chi connectivity index (χ1n) is 8.39. The molecule has 0 spiro atoms. The fourth-order valence-electron chi connectivity index (χ4n) is 2.69. The summed E-state index contributed by atoms with van der Waals surface area (Å²) in [5, 5.41) is 3.86. The molecule has 1 amide bonds. The molecule has 0 aliphatic rings. The number of para-hydroxylation sites is 1. The second-order valence-electron chi connectivity index (χ2n) is 5.93. The van der Waals surface area contributed by atoms with Crippen LogP contribution in [0.4, 0.5) is 0 Å². The Morgan fingerprint density at radius 1 is 1.23 bits per heavy atom. The van der Waals surface area contributed by atoms with E-state index < -0.39 is 10.8 Å². The Hall–Kier alpha value is -2.60. The number of fused-ring (bicyclic) bond motifs is 1. The van der Waals surface area contributed by atoms with Crippen molar-refractivity contribution < 1.29 is 18.2 Å². The predicted molar refractivity (Wildman–Crippen MR) is 102 cm³/mol. The summed E-state index contributed by atoms with van der Waals surface area (Å²) in [6, 6.07) is 14.1. The monoisotopic (exact) mass is 371 g/mol. The summed E-state index contributed by atoms with van der Waals surface area (Å²) in [5.74, 6) is 1.14. The number of furan rings is 1. The number of rotatable bonds is 6. The first kappa shape index (κ1) is 18.2. The summed E-state index contributed by atoms with van der Waals surface area (Å²) in [5.41, 5.74) is 1.19. The molecule has 3 rings (SSSR count). The van der Waals surface area contributed by atoms with Crippen LogP contribution in [0.1, 0.15) is 36.0 Å². The average molecular weight is 371 g/mol. The number of carbonyl (C=O) groups is 1. The van der Waals surface area contributed by atoms with Gasteiger partial charge in [0.2, 0.25) is 0 Å². The van der Waals surface area contributed by atoms with E-state index in [9.17, 15) is 9.00 Å². The fourth-order valence-corrected chi connectivity index (χ4v) is 3.21. The molecule has 1 aromatic heterocycles. The predicted octanol–water partition coefficient (Wildman–Crippen LogP) is 4.06. The maximum absolute atomic E-state index is 12.4. The molecule has 3 aromatic rings. The molecule has 5 nitrogen and oxygen atoms in total. The van der Waals surface area contributed by atoms with Crippen LogP contribution in [0.15, 0.2) is 57.8 Å². The van der Waals surface area contributed by atoms with Gasteiger partial charge in [-0.3, -0.25) is 9.00 Å². The van der Waals surface area contributed by atoms with Gasteiger partial charge in [0, 0.05) is 32.9 Å². The third-order valence-electron chi connectivity index (χ3n) is 4.05. The standard InChI is InChI=1S/C20H21NO4S/c1-4-24-17-7-5-6-15-12-18(25-19(15)17)13(2)21-20(22)14-8-10-16(11-9-14)26(3)23/h5-13H,4H2,1-3H3,(H,21,22). The first-order valence-corrected chi connectivity index (χ1v) is 9.95. The van der Waals surface area contributed by atoms with Crippen molar-refractivity contribution in [3.63, 3.8) is 0 Å². The molecule has 0 saturated heterocycles. The van der Waals surface area contributed by atoms with Crippen LogP contribution >= 0.6 is 0 Å². The highest BCUT2D eigenvalue weighted by molar-refractivity contribution is 7.84. The lowest BCUT2D eigenvalue weighted by atomic mass is 10.1. The van der Waals surface area contributed by atoms with Gasteiger partial charge in [-0.05, 0) is 50.2 Å². The molecule has 136 valence electrons. The second-order valence-corrected chi connectivity index (χ2v) is 7.31. The Kier molecular flexibility index (Phi) is 5.42. The Labute approximate surface area is 154 Å². The molecule has 26 heavy (non-hydrogen) atoms. The van der Waals surface area contributed by atoms with E-state index in [-0.39, 0.29) is 11.9 Å². The van der Waals surface area contributed by atoms with Gasteiger partial charge in [-0.15, -0.1) is 0 Å². The highest BCUT2D eigenvalue weighted by Crippen LogP contribution is 2.31. The van der Waals surface area contributed by atoms with Crippen LogP contribution in [0.3, 0.4) is 0 Å². The molecule has 1 heterocycles. The zero-order valence-corrected chi connectivity index (χ0v) is 15.8. The van der Waals surface area contributed by atoms with Crippen LogP contribution in [0.2, 0.25) is 0 Å². The molecule has 2 unspecified atom stereocenters. The summed E-state index contributed by atoms with van der Waals surface area (Å²) in [6.45, 7) is 4.34. The number of nitrogens with one attached hydrogen (secondary N) is 1. The molecule has 0 bridgehead atoms. The van der Waals surface area contributed by atoms with Crippen molar-refractivity contribution in [2.24, 2.45) is 0 Å². The van der Waals surface area contributed by atoms with Crippen LogP contribution < -0.4 is 10.1 Å². The Morgan fingerprint density at radius 3 is 2.62 bits per heavy atom. The first-order chi connectivity index (χ1) is 12.5. The third kappa shape index (κ3) is 3.80. The summed E-state index contributed by atoms with van der Waals surface area (Å²) in [7, 11) is -1.06. The lowest BCUT2D eigenvalue weighted by Gasteiger charge is -2.11. The van der Waals surface area contributed by atoms with Gasteiger partial charge in [0.25, 0.3) is 5.91 Å². The zero-order valence-electron chi connectivity index (χ0n) is 14.9. The summed E-state index contributed by atoms with van der Waals surface area (Å²) in [4.78, 5) is 13.1. The van der Waals surface area contributed by atoms with Crippen molar-refractivity contribution in [1.82, 2.24) is 5.32 Å². The summed E-state index contributed by atoms with van der Waals surface area (Å²) in [6.07, 6.45) is 1.61. The molecular formula is C20H21NO4S. The van der Waals surface area contributed by atoms with Crippen molar-refractivity contribution in [1.29, 1.82) is 0 Å². The number of amides is 1. The number of benzene rings is 2. The number of hydrogen-bond acceptors (Lipinski definition) is 4. The highest BCUT2D eigenvalue weighted by atomic mass is 32.2. The SMILES string of the molecule is CCOc1cccc2cc(C(C)NC(=O)c3ccc(S(C)=O)cc3)oc12. The van der Waals surface area contributed by atoms with E-state index in [0.29, 0.717) is 34.2 Å². The van der Waals surface area contributed by atoms with Crippen molar-refractivity contribution >= 4 is 27.7 Å². The molecule has 1 N–H and O–H groups in total. The topological polar surface area (TPSA) is 68.5 Å². The molecule has 2 atom stereocenters. The van der Waals surface area contributed by atoms with E-state index in [0.717, 1.165) is 5.39 Å². The molecule has 0 fully saturated rings. The molecule has 0 saturated carbocycles. The fraction of sp³-hybridized carbons (Fsp3) is 0.250. The smallest absolute Gasteiger partial charge is 0.251 e. The normalized spacial score (nSPS) is 13.3. The van der Waals surface area contributed by atoms with Gasteiger partial charge in [0.1, 0.15) is 5.76 Å². The molecule has 2 aromatic carbocycles. The van der Waals surface area contributed by atoms with Crippen LogP contribution in [-0.4, -0.2) is 23.0 Å². The van der Waals surface area contributed by atoms with E-state index in [4.69, 9.17) is 9.15 Å². The summed E-state index contributed by atoms with van der Waals surface area (Å²) < 4.78 is 22.9. The van der Waals surface area contributed by atoms with Crippen molar-refractivity contribution in [3.05, 3.63) is 59.9 Å². The highest BCUT2D eigenvalue weighted by Gasteiger charge is 2.17. The zero-order chi connectivity index (χ0) is 18.7. The van der Waals surface area contributed by atoms with Gasteiger partial charge in [-0.2, -0.15) is 0 Å². The second kappa shape index (κ2) is 7.74. The third-order valence-corrected chi connectivity index (χ3v) is 4.99. The van der Waals surface area contributed by atoms with E-state index in [1.807, 2.05) is 38.1 Å². The molecular weight excluding hydrogens is 350 g/mol. The van der Waals surface area contributed by atoms with Crippen LogP contribution in [0.25, 0.3) is 11.0 Å². The van der Waals surface area contributed by atoms with E-state index >= 15 is 0 Å².